The minimum atomic E-state index is 0.355. The highest BCUT2D eigenvalue weighted by atomic mass is 16.5. The second-order valence-corrected chi connectivity index (χ2v) is 5.35. The van der Waals surface area contributed by atoms with E-state index in [0.717, 1.165) is 45.2 Å². The van der Waals surface area contributed by atoms with Crippen LogP contribution in [0, 0.1) is 5.92 Å². The fourth-order valence-corrected chi connectivity index (χ4v) is 2.85. The molecule has 0 aromatic carbocycles. The Morgan fingerprint density at radius 1 is 1.42 bits per heavy atom. The summed E-state index contributed by atoms with van der Waals surface area (Å²) in [6.07, 6.45) is 6.39. The summed E-state index contributed by atoms with van der Waals surface area (Å²) in [5.41, 5.74) is 1.19. The summed E-state index contributed by atoms with van der Waals surface area (Å²) in [5, 5.41) is 3.41. The molecule has 2 atom stereocenters. The summed E-state index contributed by atoms with van der Waals surface area (Å²) in [6, 6.07) is 0. The molecule has 5 heteroatoms. The zero-order chi connectivity index (χ0) is 13.1. The van der Waals surface area contributed by atoms with Gasteiger partial charge in [0, 0.05) is 37.9 Å². The molecule has 19 heavy (non-hydrogen) atoms. The Morgan fingerprint density at radius 3 is 3.05 bits per heavy atom. The summed E-state index contributed by atoms with van der Waals surface area (Å²) in [5.74, 6) is 1.44. The van der Waals surface area contributed by atoms with Gasteiger partial charge in [0.1, 0.15) is 0 Å². The van der Waals surface area contributed by atoms with Crippen LogP contribution in [0.4, 0.5) is 5.95 Å². The number of hydrogen-bond acceptors (Lipinski definition) is 5. The summed E-state index contributed by atoms with van der Waals surface area (Å²) < 4.78 is 5.94. The van der Waals surface area contributed by atoms with E-state index in [1.165, 1.54) is 12.0 Å². The Hall–Kier alpha value is -1.20. The van der Waals surface area contributed by atoms with E-state index in [-0.39, 0.29) is 0 Å². The van der Waals surface area contributed by atoms with Crippen LogP contribution in [0.2, 0.25) is 0 Å². The predicted molar refractivity (Wildman–Crippen MR) is 74.3 cm³/mol. The van der Waals surface area contributed by atoms with Crippen LogP contribution in [-0.4, -0.2) is 48.9 Å². The molecule has 3 heterocycles. The first-order valence-corrected chi connectivity index (χ1v) is 7.25. The highest BCUT2D eigenvalue weighted by Gasteiger charge is 2.30. The lowest BCUT2D eigenvalue weighted by atomic mass is 9.95. The van der Waals surface area contributed by atoms with Crippen molar-refractivity contribution in [3.8, 4) is 0 Å². The fraction of sp³-hybridized carbons (Fsp3) is 0.714. The molecule has 0 amide bonds. The molecule has 0 aliphatic carbocycles. The number of aryl methyl sites for hydroxylation is 1. The van der Waals surface area contributed by atoms with Gasteiger partial charge in [-0.15, -0.1) is 0 Å². The highest BCUT2D eigenvalue weighted by Crippen LogP contribution is 2.22. The van der Waals surface area contributed by atoms with E-state index < -0.39 is 0 Å². The zero-order valence-electron chi connectivity index (χ0n) is 11.5. The Kier molecular flexibility index (Phi) is 3.94. The number of ether oxygens (including phenoxy) is 1. The SMILES string of the molecule is CCc1cnc(N2CCO[C@@H]3CNCC[C@@H]3C2)nc1. The number of piperidine rings is 1. The third-order valence-electron chi connectivity index (χ3n) is 4.09. The number of hydrogen-bond donors (Lipinski definition) is 1. The van der Waals surface area contributed by atoms with Gasteiger partial charge in [-0.3, -0.25) is 0 Å². The van der Waals surface area contributed by atoms with Gasteiger partial charge in [0.15, 0.2) is 0 Å². The molecule has 1 aromatic rings. The zero-order valence-corrected chi connectivity index (χ0v) is 11.5. The molecular formula is C14H22N4O. The predicted octanol–water partition coefficient (Wildman–Crippen LogP) is 0.854. The minimum Gasteiger partial charge on any atom is -0.375 e. The lowest BCUT2D eigenvalue weighted by Gasteiger charge is -2.31. The number of rotatable bonds is 2. The van der Waals surface area contributed by atoms with Crippen LogP contribution in [0.25, 0.3) is 0 Å². The monoisotopic (exact) mass is 262 g/mol. The van der Waals surface area contributed by atoms with E-state index >= 15 is 0 Å². The van der Waals surface area contributed by atoms with Crippen molar-refractivity contribution in [2.24, 2.45) is 5.92 Å². The molecular weight excluding hydrogens is 240 g/mol. The smallest absolute Gasteiger partial charge is 0.225 e. The van der Waals surface area contributed by atoms with E-state index in [2.05, 4.69) is 27.1 Å². The number of fused-ring (bicyclic) bond motifs is 1. The van der Waals surface area contributed by atoms with Crippen LogP contribution in [0.5, 0.6) is 0 Å². The standard InChI is InChI=1S/C14H22N4O/c1-2-11-7-16-14(17-8-11)18-5-6-19-13-9-15-4-3-12(13)10-18/h7-8,12-13,15H,2-6,9-10H2,1H3/t12-,13-/m1/s1. The fourth-order valence-electron chi connectivity index (χ4n) is 2.85. The highest BCUT2D eigenvalue weighted by molar-refractivity contribution is 5.30. The lowest BCUT2D eigenvalue weighted by molar-refractivity contribution is 0.0179. The molecule has 1 aromatic heterocycles. The molecule has 104 valence electrons. The van der Waals surface area contributed by atoms with Crippen molar-refractivity contribution >= 4 is 5.95 Å². The van der Waals surface area contributed by atoms with Gasteiger partial charge < -0.3 is 15.0 Å². The van der Waals surface area contributed by atoms with Gasteiger partial charge in [-0.25, -0.2) is 9.97 Å². The normalized spacial score (nSPS) is 27.7. The molecule has 2 aliphatic rings. The molecule has 1 N–H and O–H groups in total. The first kappa shape index (κ1) is 12.8. The maximum absolute atomic E-state index is 5.94. The molecule has 5 nitrogen and oxygen atoms in total. The van der Waals surface area contributed by atoms with Crippen LogP contribution < -0.4 is 10.2 Å². The topological polar surface area (TPSA) is 50.3 Å². The van der Waals surface area contributed by atoms with Gasteiger partial charge in [-0.1, -0.05) is 6.92 Å². The van der Waals surface area contributed by atoms with Crippen LogP contribution in [0.3, 0.4) is 0 Å². The van der Waals surface area contributed by atoms with Crippen molar-refractivity contribution in [1.82, 2.24) is 15.3 Å². The molecule has 3 rings (SSSR count). The Morgan fingerprint density at radius 2 is 2.26 bits per heavy atom. The lowest BCUT2D eigenvalue weighted by Crippen LogP contribution is -2.44. The van der Waals surface area contributed by atoms with Gasteiger partial charge in [0.05, 0.1) is 12.7 Å². The molecule has 0 unspecified atom stereocenters. The van der Waals surface area contributed by atoms with Crippen molar-refractivity contribution in [3.63, 3.8) is 0 Å². The van der Waals surface area contributed by atoms with Crippen molar-refractivity contribution in [3.05, 3.63) is 18.0 Å². The first-order chi connectivity index (χ1) is 9.36. The van der Waals surface area contributed by atoms with E-state index in [1.807, 2.05) is 12.4 Å². The summed E-state index contributed by atoms with van der Waals surface area (Å²) >= 11 is 0. The van der Waals surface area contributed by atoms with Crippen LogP contribution >= 0.6 is 0 Å². The largest absolute Gasteiger partial charge is 0.375 e. The van der Waals surface area contributed by atoms with Gasteiger partial charge in [-0.05, 0) is 24.9 Å². The van der Waals surface area contributed by atoms with E-state index in [1.54, 1.807) is 0 Å². The third kappa shape index (κ3) is 2.87. The molecule has 2 aliphatic heterocycles. The summed E-state index contributed by atoms with van der Waals surface area (Å²) in [4.78, 5) is 11.3. The van der Waals surface area contributed by atoms with Gasteiger partial charge >= 0.3 is 0 Å². The summed E-state index contributed by atoms with van der Waals surface area (Å²) in [7, 11) is 0. The number of nitrogens with zero attached hydrogens (tertiary/aromatic N) is 3. The molecule has 0 saturated carbocycles. The van der Waals surface area contributed by atoms with Crippen molar-refractivity contribution < 1.29 is 4.74 Å². The Labute approximate surface area is 114 Å². The Balaban J connectivity index is 1.72. The maximum Gasteiger partial charge on any atom is 0.225 e. The second-order valence-electron chi connectivity index (χ2n) is 5.35. The Bertz CT molecular complexity index is 408. The number of nitrogens with one attached hydrogen (secondary N) is 1. The number of aromatic nitrogens is 2. The third-order valence-corrected chi connectivity index (χ3v) is 4.09. The van der Waals surface area contributed by atoms with Gasteiger partial charge in [-0.2, -0.15) is 0 Å². The second kappa shape index (κ2) is 5.84. The van der Waals surface area contributed by atoms with Crippen LogP contribution in [0.15, 0.2) is 12.4 Å². The van der Waals surface area contributed by atoms with Crippen molar-refractivity contribution in [2.75, 3.05) is 37.7 Å². The minimum absolute atomic E-state index is 0.355. The van der Waals surface area contributed by atoms with Gasteiger partial charge in [0.25, 0.3) is 0 Å². The molecule has 0 bridgehead atoms. The van der Waals surface area contributed by atoms with Crippen molar-refractivity contribution in [2.45, 2.75) is 25.9 Å². The summed E-state index contributed by atoms with van der Waals surface area (Å²) in [6.45, 7) is 6.86. The van der Waals surface area contributed by atoms with Crippen LogP contribution in [-0.2, 0) is 11.2 Å². The van der Waals surface area contributed by atoms with E-state index in [9.17, 15) is 0 Å². The average molecular weight is 262 g/mol. The average Bonchev–Trinajstić information content (AvgIpc) is 2.69. The van der Waals surface area contributed by atoms with Crippen molar-refractivity contribution in [1.29, 1.82) is 0 Å². The quantitative estimate of drug-likeness (QED) is 0.856. The first-order valence-electron chi connectivity index (χ1n) is 7.25. The maximum atomic E-state index is 5.94. The molecule has 0 spiro atoms. The number of anilines is 1. The van der Waals surface area contributed by atoms with Gasteiger partial charge in [0.2, 0.25) is 5.95 Å². The molecule has 2 saturated heterocycles. The molecule has 0 radical (unpaired) electrons. The van der Waals surface area contributed by atoms with E-state index in [0.29, 0.717) is 12.0 Å². The van der Waals surface area contributed by atoms with E-state index in [4.69, 9.17) is 4.74 Å². The van der Waals surface area contributed by atoms with Crippen LogP contribution in [0.1, 0.15) is 18.9 Å². The molecule has 2 fully saturated rings.